The topological polar surface area (TPSA) is 58.9 Å². The molecule has 4 heteroatoms. The predicted octanol–water partition coefficient (Wildman–Crippen LogP) is 11.1. The number of benzene rings is 6. The first-order valence-electron chi connectivity index (χ1n) is 16.3. The first-order chi connectivity index (χ1) is 23.5. The smallest absolute Gasteiger partial charge is 0.131 e. The molecular formula is C44H40O4. The summed E-state index contributed by atoms with van der Waals surface area (Å²) in [5.41, 5.74) is 7.63. The summed E-state index contributed by atoms with van der Waals surface area (Å²) in [6, 6.07) is 45.3. The van der Waals surface area contributed by atoms with Crippen LogP contribution in [0.2, 0.25) is 0 Å². The molecule has 4 nitrogen and oxygen atoms in total. The number of aromatic hydroxyl groups is 2. The Labute approximate surface area is 283 Å². The predicted molar refractivity (Wildman–Crippen MR) is 197 cm³/mol. The lowest BCUT2D eigenvalue weighted by molar-refractivity contribution is 0.171. The van der Waals surface area contributed by atoms with Crippen molar-refractivity contribution < 1.29 is 19.7 Å². The van der Waals surface area contributed by atoms with Crippen LogP contribution in [0.5, 0.6) is 23.0 Å². The van der Waals surface area contributed by atoms with Gasteiger partial charge in [0.2, 0.25) is 0 Å². The van der Waals surface area contributed by atoms with Gasteiger partial charge in [0.1, 0.15) is 23.0 Å². The summed E-state index contributed by atoms with van der Waals surface area (Å²) in [7, 11) is 0. The average Bonchev–Trinajstić information content (AvgIpc) is 3.13. The zero-order valence-corrected chi connectivity index (χ0v) is 27.2. The van der Waals surface area contributed by atoms with Crippen LogP contribution in [0, 0.1) is 12.8 Å². The van der Waals surface area contributed by atoms with Gasteiger partial charge < -0.3 is 19.7 Å². The summed E-state index contributed by atoms with van der Waals surface area (Å²) < 4.78 is 13.0. The maximum Gasteiger partial charge on any atom is 0.131 e. The van der Waals surface area contributed by atoms with E-state index in [2.05, 4.69) is 12.6 Å². The average molecular weight is 633 g/mol. The summed E-state index contributed by atoms with van der Waals surface area (Å²) in [5.74, 6) is 1.89. The second kappa shape index (κ2) is 15.2. The van der Waals surface area contributed by atoms with Gasteiger partial charge in [-0.05, 0) is 49.1 Å². The van der Waals surface area contributed by atoms with Crippen LogP contribution < -0.4 is 9.47 Å². The van der Waals surface area contributed by atoms with Crippen molar-refractivity contribution in [1.29, 1.82) is 0 Å². The number of rotatable bonds is 13. The minimum Gasteiger partial charge on any atom is -0.507 e. The van der Waals surface area contributed by atoms with Crippen molar-refractivity contribution in [3.63, 3.8) is 0 Å². The van der Waals surface area contributed by atoms with Gasteiger partial charge in [0.05, 0.1) is 13.2 Å². The normalized spacial score (nSPS) is 11.5. The highest BCUT2D eigenvalue weighted by Gasteiger charge is 2.19. The molecule has 6 aromatic carbocycles. The monoisotopic (exact) mass is 632 g/mol. The number of hydrogen-bond acceptors (Lipinski definition) is 4. The molecule has 48 heavy (non-hydrogen) atoms. The Morgan fingerprint density at radius 3 is 1.60 bits per heavy atom. The molecule has 0 bridgehead atoms. The van der Waals surface area contributed by atoms with E-state index < -0.39 is 0 Å². The standard InChI is InChI=1S/C44H40O4/c1-3-4-15-32(29-47-41-25-12-11-20-37(41)38-23-13-21-35(43(38)45)33-16-7-5-8-17-33)30-48-42-27-26-31(2)28-40(42)39-24-14-22-36(44(39)46)34-18-9-6-10-19-34/h3,5-14,16-28,32,45-46H,1,4,15,29-30H2,2H3. The third-order valence-corrected chi connectivity index (χ3v) is 8.57. The number of hydrogen-bond donors (Lipinski definition) is 2. The zero-order valence-electron chi connectivity index (χ0n) is 27.2. The molecule has 0 aliphatic heterocycles. The molecule has 1 atom stereocenters. The molecule has 0 saturated carbocycles. The summed E-state index contributed by atoms with van der Waals surface area (Å²) >= 11 is 0. The van der Waals surface area contributed by atoms with Crippen LogP contribution in [0.3, 0.4) is 0 Å². The third kappa shape index (κ3) is 7.29. The molecule has 240 valence electrons. The first kappa shape index (κ1) is 32.2. The molecule has 0 aliphatic carbocycles. The largest absolute Gasteiger partial charge is 0.507 e. The van der Waals surface area contributed by atoms with Gasteiger partial charge in [0, 0.05) is 39.3 Å². The Morgan fingerprint density at radius 2 is 1.02 bits per heavy atom. The Kier molecular flexibility index (Phi) is 10.2. The molecule has 0 aromatic heterocycles. The van der Waals surface area contributed by atoms with E-state index in [1.54, 1.807) is 0 Å². The Morgan fingerprint density at radius 1 is 0.542 bits per heavy atom. The van der Waals surface area contributed by atoms with E-state index >= 15 is 0 Å². The minimum absolute atomic E-state index is 0.0544. The van der Waals surface area contributed by atoms with Crippen LogP contribution in [-0.4, -0.2) is 23.4 Å². The minimum atomic E-state index is 0.0544. The lowest BCUT2D eigenvalue weighted by Gasteiger charge is -2.21. The molecule has 6 rings (SSSR count). The zero-order chi connectivity index (χ0) is 33.3. The van der Waals surface area contributed by atoms with Crippen LogP contribution in [0.4, 0.5) is 0 Å². The maximum atomic E-state index is 11.4. The first-order valence-corrected chi connectivity index (χ1v) is 16.3. The van der Waals surface area contributed by atoms with E-state index in [1.165, 1.54) is 0 Å². The van der Waals surface area contributed by atoms with Gasteiger partial charge >= 0.3 is 0 Å². The van der Waals surface area contributed by atoms with Crippen LogP contribution >= 0.6 is 0 Å². The van der Waals surface area contributed by atoms with E-state index in [1.807, 2.05) is 146 Å². The van der Waals surface area contributed by atoms with Gasteiger partial charge in [-0.3, -0.25) is 0 Å². The Hall–Kier alpha value is -5.74. The highest BCUT2D eigenvalue weighted by Crippen LogP contribution is 2.43. The summed E-state index contributed by atoms with van der Waals surface area (Å²) in [6.07, 6.45) is 3.56. The fourth-order valence-corrected chi connectivity index (χ4v) is 6.00. The lowest BCUT2D eigenvalue weighted by Crippen LogP contribution is -2.20. The lowest BCUT2D eigenvalue weighted by atomic mass is 9.96. The molecule has 0 amide bonds. The maximum absolute atomic E-state index is 11.4. The van der Waals surface area contributed by atoms with E-state index in [9.17, 15) is 10.2 Å². The molecule has 0 aliphatic rings. The highest BCUT2D eigenvalue weighted by atomic mass is 16.5. The number of allylic oxidation sites excluding steroid dienone is 1. The van der Waals surface area contributed by atoms with Crippen molar-refractivity contribution >= 4 is 0 Å². The number of phenolic OH excluding ortho intramolecular Hbond substituents is 2. The van der Waals surface area contributed by atoms with Gasteiger partial charge in [-0.2, -0.15) is 0 Å². The second-order valence-electron chi connectivity index (χ2n) is 12.0. The van der Waals surface area contributed by atoms with Crippen LogP contribution in [0.15, 0.2) is 152 Å². The van der Waals surface area contributed by atoms with E-state index in [4.69, 9.17) is 9.47 Å². The quantitative estimate of drug-likeness (QED) is 0.124. The molecule has 0 saturated heterocycles. The second-order valence-corrected chi connectivity index (χ2v) is 12.0. The Bertz CT molecular complexity index is 1980. The van der Waals surface area contributed by atoms with Gasteiger partial charge in [0.25, 0.3) is 0 Å². The van der Waals surface area contributed by atoms with Gasteiger partial charge in [-0.25, -0.2) is 0 Å². The SMILES string of the molecule is C=CCCC(COc1ccccc1-c1cccc(-c2ccccc2)c1O)COc1ccc(C)cc1-c1cccc(-c2ccccc2)c1O. The molecule has 0 spiro atoms. The van der Waals surface area contributed by atoms with Crippen LogP contribution in [0.1, 0.15) is 18.4 Å². The third-order valence-electron chi connectivity index (χ3n) is 8.57. The van der Waals surface area contributed by atoms with Crippen LogP contribution in [0.25, 0.3) is 44.5 Å². The molecule has 1 unspecified atom stereocenters. The fourth-order valence-electron chi connectivity index (χ4n) is 6.00. The van der Waals surface area contributed by atoms with Crippen LogP contribution in [-0.2, 0) is 0 Å². The van der Waals surface area contributed by atoms with Gasteiger partial charge in [-0.15, -0.1) is 6.58 Å². The van der Waals surface area contributed by atoms with Gasteiger partial charge in [0.15, 0.2) is 0 Å². The van der Waals surface area contributed by atoms with E-state index in [0.29, 0.717) is 30.3 Å². The van der Waals surface area contributed by atoms with Crippen molar-refractivity contribution in [3.05, 3.63) is 158 Å². The fraction of sp³-hybridized carbons (Fsp3) is 0.136. The number of ether oxygens (including phenoxy) is 2. The van der Waals surface area contributed by atoms with Crippen molar-refractivity contribution in [1.82, 2.24) is 0 Å². The molecule has 0 radical (unpaired) electrons. The number of para-hydroxylation sites is 3. The molecular weight excluding hydrogens is 592 g/mol. The molecule has 0 fully saturated rings. The van der Waals surface area contributed by atoms with E-state index in [0.717, 1.165) is 57.3 Å². The summed E-state index contributed by atoms with van der Waals surface area (Å²) in [4.78, 5) is 0. The van der Waals surface area contributed by atoms with Crippen molar-refractivity contribution in [2.75, 3.05) is 13.2 Å². The Balaban J connectivity index is 1.23. The molecule has 6 aromatic rings. The summed E-state index contributed by atoms with van der Waals surface area (Å²) in [6.45, 7) is 6.81. The van der Waals surface area contributed by atoms with Crippen molar-refractivity contribution in [3.8, 4) is 67.5 Å². The van der Waals surface area contributed by atoms with Crippen molar-refractivity contribution in [2.45, 2.75) is 19.8 Å². The molecule has 2 N–H and O–H groups in total. The molecule has 0 heterocycles. The van der Waals surface area contributed by atoms with Gasteiger partial charge in [-0.1, -0.05) is 133 Å². The number of aryl methyl sites for hydroxylation is 1. The van der Waals surface area contributed by atoms with Crippen molar-refractivity contribution in [2.24, 2.45) is 5.92 Å². The highest BCUT2D eigenvalue weighted by molar-refractivity contribution is 5.85. The number of phenols is 2. The van der Waals surface area contributed by atoms with E-state index in [-0.39, 0.29) is 17.4 Å². The summed E-state index contributed by atoms with van der Waals surface area (Å²) in [5, 5.41) is 22.8.